The molecule has 0 spiro atoms. The lowest BCUT2D eigenvalue weighted by atomic mass is 10.2. The van der Waals surface area contributed by atoms with Crippen LogP contribution < -0.4 is 5.32 Å². The standard InChI is InChI=1S/C22H27ClN4O3S/c1-4-26(5-2)31(29,30)16-11-12-20-19(15-16)24-21(27(20)6-3)13-14-22(28)25-18-10-8-7-9-17(18)23/h7-12,15H,4-6,13-14H2,1-3H3,(H,25,28). The minimum Gasteiger partial charge on any atom is -0.328 e. The van der Waals surface area contributed by atoms with Gasteiger partial charge < -0.3 is 9.88 Å². The topological polar surface area (TPSA) is 84.3 Å². The van der Waals surface area contributed by atoms with Crippen molar-refractivity contribution >= 4 is 44.3 Å². The lowest BCUT2D eigenvalue weighted by Crippen LogP contribution is -2.30. The Bertz CT molecular complexity index is 1190. The van der Waals surface area contributed by atoms with E-state index in [9.17, 15) is 13.2 Å². The number of aromatic nitrogens is 2. The number of hydrogen-bond acceptors (Lipinski definition) is 4. The molecule has 7 nitrogen and oxygen atoms in total. The van der Waals surface area contributed by atoms with Gasteiger partial charge >= 0.3 is 0 Å². The van der Waals surface area contributed by atoms with Crippen LogP contribution in [0, 0.1) is 0 Å². The number of sulfonamides is 1. The summed E-state index contributed by atoms with van der Waals surface area (Å²) in [5.74, 6) is 0.580. The number of para-hydroxylation sites is 1. The lowest BCUT2D eigenvalue weighted by Gasteiger charge is -2.18. The van der Waals surface area contributed by atoms with E-state index < -0.39 is 10.0 Å². The molecule has 0 aliphatic heterocycles. The second-order valence-electron chi connectivity index (χ2n) is 7.04. The molecule has 31 heavy (non-hydrogen) atoms. The van der Waals surface area contributed by atoms with Crippen molar-refractivity contribution in [3.8, 4) is 0 Å². The highest BCUT2D eigenvalue weighted by atomic mass is 35.5. The van der Waals surface area contributed by atoms with Gasteiger partial charge in [0, 0.05) is 32.5 Å². The van der Waals surface area contributed by atoms with Crippen molar-refractivity contribution in [2.24, 2.45) is 0 Å². The Hall–Kier alpha value is -2.42. The smallest absolute Gasteiger partial charge is 0.243 e. The molecule has 3 rings (SSSR count). The van der Waals surface area contributed by atoms with E-state index in [1.54, 1.807) is 36.4 Å². The molecule has 0 bridgehead atoms. The van der Waals surface area contributed by atoms with E-state index in [0.717, 1.165) is 11.3 Å². The Morgan fingerprint density at radius 1 is 1.13 bits per heavy atom. The molecule has 3 aromatic rings. The number of halogens is 1. The summed E-state index contributed by atoms with van der Waals surface area (Å²) >= 11 is 6.10. The Kier molecular flexibility index (Phi) is 7.35. The minimum absolute atomic E-state index is 0.160. The minimum atomic E-state index is -3.56. The highest BCUT2D eigenvalue weighted by Crippen LogP contribution is 2.24. The third-order valence-electron chi connectivity index (χ3n) is 5.18. The van der Waals surface area contributed by atoms with E-state index >= 15 is 0 Å². The Morgan fingerprint density at radius 3 is 2.48 bits per heavy atom. The largest absolute Gasteiger partial charge is 0.328 e. The first-order valence-corrected chi connectivity index (χ1v) is 12.2. The van der Waals surface area contributed by atoms with Crippen LogP contribution in [-0.4, -0.2) is 41.3 Å². The summed E-state index contributed by atoms with van der Waals surface area (Å²) in [6.45, 7) is 7.11. The summed E-state index contributed by atoms with van der Waals surface area (Å²) in [5, 5.41) is 3.30. The van der Waals surface area contributed by atoms with Crippen molar-refractivity contribution in [3.05, 3.63) is 53.3 Å². The summed E-state index contributed by atoms with van der Waals surface area (Å²) in [6.07, 6.45) is 0.663. The van der Waals surface area contributed by atoms with Crippen LogP contribution in [0.3, 0.4) is 0 Å². The van der Waals surface area contributed by atoms with Crippen LogP contribution in [0.4, 0.5) is 5.69 Å². The SMILES string of the molecule is CCN(CC)S(=O)(=O)c1ccc2c(c1)nc(CCC(=O)Nc1ccccc1Cl)n2CC. The van der Waals surface area contributed by atoms with Crippen LogP contribution in [0.2, 0.25) is 5.02 Å². The molecular weight excluding hydrogens is 436 g/mol. The fraction of sp³-hybridized carbons (Fsp3) is 0.364. The molecule has 0 aliphatic carbocycles. The first kappa shape index (κ1) is 23.2. The number of imidazole rings is 1. The molecule has 0 saturated heterocycles. The van der Waals surface area contributed by atoms with Gasteiger partial charge in [-0.05, 0) is 37.3 Å². The lowest BCUT2D eigenvalue weighted by molar-refractivity contribution is -0.116. The third kappa shape index (κ3) is 4.92. The molecule has 0 fully saturated rings. The van der Waals surface area contributed by atoms with E-state index in [-0.39, 0.29) is 17.2 Å². The molecule has 1 aromatic heterocycles. The molecule has 2 aromatic carbocycles. The molecule has 1 amide bonds. The molecule has 0 radical (unpaired) electrons. The summed E-state index contributed by atoms with van der Waals surface area (Å²) in [5.41, 5.74) is 2.03. The zero-order valence-electron chi connectivity index (χ0n) is 17.9. The van der Waals surface area contributed by atoms with Gasteiger partial charge in [-0.2, -0.15) is 4.31 Å². The fourth-order valence-corrected chi connectivity index (χ4v) is 5.24. The maximum atomic E-state index is 12.8. The van der Waals surface area contributed by atoms with Crippen LogP contribution >= 0.6 is 11.6 Å². The second-order valence-corrected chi connectivity index (χ2v) is 9.39. The number of carbonyl (C=O) groups excluding carboxylic acids is 1. The third-order valence-corrected chi connectivity index (χ3v) is 7.56. The number of fused-ring (bicyclic) bond motifs is 1. The van der Waals surface area contributed by atoms with Crippen molar-refractivity contribution in [1.82, 2.24) is 13.9 Å². The first-order valence-electron chi connectivity index (χ1n) is 10.4. The predicted molar refractivity (Wildman–Crippen MR) is 124 cm³/mol. The van der Waals surface area contributed by atoms with Gasteiger partial charge in [0.05, 0.1) is 26.6 Å². The Labute approximate surface area is 188 Å². The number of nitrogens with one attached hydrogen (secondary N) is 1. The normalized spacial score (nSPS) is 11.9. The van der Waals surface area contributed by atoms with Gasteiger partial charge in [-0.15, -0.1) is 0 Å². The number of amides is 1. The fourth-order valence-electron chi connectivity index (χ4n) is 3.58. The summed E-state index contributed by atoms with van der Waals surface area (Å²) in [4.78, 5) is 17.3. The molecule has 0 unspecified atom stereocenters. The number of benzene rings is 2. The van der Waals surface area contributed by atoms with E-state index in [4.69, 9.17) is 11.6 Å². The Balaban J connectivity index is 1.83. The summed E-state index contributed by atoms with van der Waals surface area (Å²) < 4.78 is 29.1. The van der Waals surface area contributed by atoms with Gasteiger partial charge in [-0.3, -0.25) is 4.79 Å². The summed E-state index contributed by atoms with van der Waals surface area (Å²) in [7, 11) is -3.56. The monoisotopic (exact) mass is 462 g/mol. The number of rotatable bonds is 9. The van der Waals surface area contributed by atoms with Crippen LogP contribution in [0.25, 0.3) is 11.0 Å². The highest BCUT2D eigenvalue weighted by molar-refractivity contribution is 7.89. The van der Waals surface area contributed by atoms with Crippen LogP contribution in [0.15, 0.2) is 47.4 Å². The zero-order valence-corrected chi connectivity index (χ0v) is 19.5. The van der Waals surface area contributed by atoms with E-state index in [1.165, 1.54) is 4.31 Å². The van der Waals surface area contributed by atoms with Crippen molar-refractivity contribution < 1.29 is 13.2 Å². The molecule has 0 saturated carbocycles. The van der Waals surface area contributed by atoms with Gasteiger partial charge in [0.25, 0.3) is 0 Å². The number of anilines is 1. The van der Waals surface area contributed by atoms with Crippen molar-refractivity contribution in [2.75, 3.05) is 18.4 Å². The van der Waals surface area contributed by atoms with Crippen molar-refractivity contribution in [3.63, 3.8) is 0 Å². The molecule has 1 heterocycles. The first-order chi connectivity index (χ1) is 14.8. The number of aryl methyl sites for hydroxylation is 2. The Morgan fingerprint density at radius 2 is 1.84 bits per heavy atom. The number of nitrogens with zero attached hydrogens (tertiary/aromatic N) is 3. The van der Waals surface area contributed by atoms with Gasteiger partial charge in [-0.1, -0.05) is 37.6 Å². The molecular formula is C22H27ClN4O3S. The van der Waals surface area contributed by atoms with Gasteiger partial charge in [0.1, 0.15) is 5.82 Å². The number of carbonyl (C=O) groups is 1. The van der Waals surface area contributed by atoms with Crippen molar-refractivity contribution in [1.29, 1.82) is 0 Å². The summed E-state index contributed by atoms with van der Waals surface area (Å²) in [6, 6.07) is 12.1. The zero-order chi connectivity index (χ0) is 22.6. The van der Waals surface area contributed by atoms with E-state index in [0.29, 0.717) is 42.3 Å². The van der Waals surface area contributed by atoms with Crippen LogP contribution in [0.5, 0.6) is 0 Å². The van der Waals surface area contributed by atoms with Gasteiger partial charge in [0.15, 0.2) is 0 Å². The average molecular weight is 463 g/mol. The highest BCUT2D eigenvalue weighted by Gasteiger charge is 2.23. The van der Waals surface area contributed by atoms with Crippen LogP contribution in [0.1, 0.15) is 33.0 Å². The maximum Gasteiger partial charge on any atom is 0.243 e. The van der Waals surface area contributed by atoms with E-state index in [2.05, 4.69) is 10.3 Å². The van der Waals surface area contributed by atoms with Crippen LogP contribution in [-0.2, 0) is 27.8 Å². The molecule has 0 atom stereocenters. The van der Waals surface area contributed by atoms with Gasteiger partial charge in [0.2, 0.25) is 15.9 Å². The number of hydrogen-bond donors (Lipinski definition) is 1. The molecule has 166 valence electrons. The predicted octanol–water partition coefficient (Wildman–Crippen LogP) is 4.31. The second kappa shape index (κ2) is 9.80. The quantitative estimate of drug-likeness (QED) is 0.513. The average Bonchev–Trinajstić information content (AvgIpc) is 3.11. The molecule has 1 N–H and O–H groups in total. The van der Waals surface area contributed by atoms with Crippen molar-refractivity contribution in [2.45, 2.75) is 45.1 Å². The molecule has 0 aliphatic rings. The maximum absolute atomic E-state index is 12.8. The molecule has 9 heteroatoms. The van der Waals surface area contributed by atoms with Gasteiger partial charge in [-0.25, -0.2) is 13.4 Å². The van der Waals surface area contributed by atoms with E-state index in [1.807, 2.05) is 31.4 Å².